The summed E-state index contributed by atoms with van der Waals surface area (Å²) in [5, 5.41) is 8.88. The summed E-state index contributed by atoms with van der Waals surface area (Å²) < 4.78 is 5.09. The quantitative estimate of drug-likeness (QED) is 0.670. The first kappa shape index (κ1) is 13.3. The molecule has 5 heteroatoms. The van der Waals surface area contributed by atoms with Gasteiger partial charge in [0.1, 0.15) is 0 Å². The monoisotopic (exact) mass is 296 g/mol. The molecule has 0 aliphatic rings. The Hall–Kier alpha value is -1.80. The number of carboxylic acids is 1. The Morgan fingerprint density at radius 1 is 1.47 bits per heavy atom. The number of benzene rings is 1. The predicted octanol–water partition coefficient (Wildman–Crippen LogP) is 2.06. The molecule has 17 heavy (non-hydrogen) atoms. The molecule has 0 spiro atoms. The largest absolute Gasteiger partial charge is 0.478 e. The highest BCUT2D eigenvalue weighted by molar-refractivity contribution is 9.10. The number of rotatable bonds is 2. The first-order chi connectivity index (χ1) is 8.04. The lowest BCUT2D eigenvalue weighted by molar-refractivity contribution is -0.136. The molecule has 1 aromatic rings. The molecule has 0 saturated heterocycles. The van der Waals surface area contributed by atoms with Gasteiger partial charge in [0.15, 0.2) is 0 Å². The fourth-order valence-corrected chi connectivity index (χ4v) is 1.47. The summed E-state index contributed by atoms with van der Waals surface area (Å²) in [6.07, 6.45) is 0. The summed E-state index contributed by atoms with van der Waals surface area (Å²) in [5.74, 6) is 3.12. The van der Waals surface area contributed by atoms with E-state index in [1.54, 1.807) is 19.1 Å². The minimum absolute atomic E-state index is 0.0978. The van der Waals surface area contributed by atoms with Gasteiger partial charge in [-0.1, -0.05) is 5.92 Å². The van der Waals surface area contributed by atoms with E-state index in [1.807, 2.05) is 0 Å². The standard InChI is InChI=1S/C12H9BrO4/c1-2-17-11(14)6-4-8-3-5-10(13)9(7-8)12(15)16/h3,5,7H,2H2,1H3,(H,15,16). The van der Waals surface area contributed by atoms with Crippen molar-refractivity contribution in [3.05, 3.63) is 33.8 Å². The first-order valence-electron chi connectivity index (χ1n) is 4.76. The number of ether oxygens (including phenoxy) is 1. The van der Waals surface area contributed by atoms with Gasteiger partial charge in [0.05, 0.1) is 12.2 Å². The lowest BCUT2D eigenvalue weighted by Crippen LogP contribution is -2.00. The fourth-order valence-electron chi connectivity index (χ4n) is 1.06. The molecule has 0 aliphatic carbocycles. The zero-order valence-electron chi connectivity index (χ0n) is 8.99. The van der Waals surface area contributed by atoms with E-state index in [4.69, 9.17) is 5.11 Å². The van der Waals surface area contributed by atoms with E-state index in [1.165, 1.54) is 6.07 Å². The molecule has 1 rings (SSSR count). The SMILES string of the molecule is CCOC(=O)C#Cc1ccc(Br)c(C(=O)O)c1. The molecule has 0 radical (unpaired) electrons. The zero-order chi connectivity index (χ0) is 12.8. The normalized spacial score (nSPS) is 9.06. The molecule has 0 heterocycles. The van der Waals surface area contributed by atoms with Gasteiger partial charge >= 0.3 is 11.9 Å². The number of carbonyl (C=O) groups is 2. The van der Waals surface area contributed by atoms with Crippen molar-refractivity contribution in [3.8, 4) is 11.8 Å². The van der Waals surface area contributed by atoms with Crippen LogP contribution in [-0.4, -0.2) is 23.7 Å². The van der Waals surface area contributed by atoms with Crippen LogP contribution >= 0.6 is 15.9 Å². The van der Waals surface area contributed by atoms with Crippen molar-refractivity contribution in [3.63, 3.8) is 0 Å². The molecule has 1 N–H and O–H groups in total. The predicted molar refractivity (Wildman–Crippen MR) is 64.6 cm³/mol. The smallest absolute Gasteiger partial charge is 0.384 e. The molecule has 0 atom stereocenters. The molecular formula is C12H9BrO4. The Bertz CT molecular complexity index is 511. The first-order valence-corrected chi connectivity index (χ1v) is 5.55. The van der Waals surface area contributed by atoms with E-state index in [0.29, 0.717) is 10.0 Å². The van der Waals surface area contributed by atoms with Crippen LogP contribution in [0.1, 0.15) is 22.8 Å². The topological polar surface area (TPSA) is 63.6 Å². The van der Waals surface area contributed by atoms with Crippen LogP contribution < -0.4 is 0 Å². The minimum atomic E-state index is -1.06. The summed E-state index contributed by atoms with van der Waals surface area (Å²) in [4.78, 5) is 21.8. The average molecular weight is 297 g/mol. The number of carbonyl (C=O) groups excluding carboxylic acids is 1. The maximum Gasteiger partial charge on any atom is 0.384 e. The van der Waals surface area contributed by atoms with Gasteiger partial charge in [-0.3, -0.25) is 0 Å². The summed E-state index contributed by atoms with van der Waals surface area (Å²) in [5.41, 5.74) is 0.541. The van der Waals surface area contributed by atoms with Gasteiger partial charge in [-0.25, -0.2) is 9.59 Å². The van der Waals surface area contributed by atoms with Gasteiger partial charge in [-0.2, -0.15) is 0 Å². The van der Waals surface area contributed by atoms with Crippen molar-refractivity contribution in [1.82, 2.24) is 0 Å². The summed E-state index contributed by atoms with van der Waals surface area (Å²) >= 11 is 3.12. The van der Waals surface area contributed by atoms with Crippen molar-refractivity contribution < 1.29 is 19.4 Å². The van der Waals surface area contributed by atoms with Gasteiger partial charge in [-0.15, -0.1) is 0 Å². The number of aromatic carboxylic acids is 1. The molecule has 0 amide bonds. The maximum atomic E-state index is 11.0. The molecular weight excluding hydrogens is 288 g/mol. The van der Waals surface area contributed by atoms with Crippen molar-refractivity contribution in [1.29, 1.82) is 0 Å². The highest BCUT2D eigenvalue weighted by Gasteiger charge is 2.08. The van der Waals surface area contributed by atoms with Crippen LogP contribution in [0.3, 0.4) is 0 Å². The Labute approximate surface area is 107 Å². The second-order valence-corrected chi connectivity index (χ2v) is 3.82. The Kier molecular flexibility index (Phi) is 4.73. The van der Waals surface area contributed by atoms with Crippen molar-refractivity contribution in [2.75, 3.05) is 6.61 Å². The summed E-state index contributed by atoms with van der Waals surface area (Å²) in [6, 6.07) is 4.57. The second kappa shape index (κ2) is 6.06. The maximum absolute atomic E-state index is 11.0. The van der Waals surface area contributed by atoms with Gasteiger partial charge in [0.2, 0.25) is 0 Å². The van der Waals surface area contributed by atoms with Crippen molar-refractivity contribution >= 4 is 27.9 Å². The lowest BCUT2D eigenvalue weighted by Gasteiger charge is -1.98. The Morgan fingerprint density at radius 3 is 2.76 bits per heavy atom. The molecule has 0 saturated carbocycles. The average Bonchev–Trinajstić information content (AvgIpc) is 2.28. The third-order valence-corrected chi connectivity index (χ3v) is 2.47. The third-order valence-electron chi connectivity index (χ3n) is 1.78. The molecule has 88 valence electrons. The minimum Gasteiger partial charge on any atom is -0.478 e. The summed E-state index contributed by atoms with van der Waals surface area (Å²) in [7, 11) is 0. The molecule has 0 aromatic heterocycles. The second-order valence-electron chi connectivity index (χ2n) is 2.97. The van der Waals surface area contributed by atoms with E-state index in [0.717, 1.165) is 0 Å². The van der Waals surface area contributed by atoms with Crippen LogP contribution in [0.15, 0.2) is 22.7 Å². The molecule has 0 fully saturated rings. The molecule has 1 aromatic carbocycles. The number of esters is 1. The van der Waals surface area contributed by atoms with Gasteiger partial charge in [0, 0.05) is 16.0 Å². The lowest BCUT2D eigenvalue weighted by atomic mass is 10.1. The molecule has 0 aliphatic heterocycles. The molecule has 0 unspecified atom stereocenters. The number of hydrogen-bond acceptors (Lipinski definition) is 3. The third kappa shape index (κ3) is 3.93. The fraction of sp³-hybridized carbons (Fsp3) is 0.167. The number of hydrogen-bond donors (Lipinski definition) is 1. The van der Waals surface area contributed by atoms with E-state index < -0.39 is 11.9 Å². The van der Waals surface area contributed by atoms with E-state index in [-0.39, 0.29) is 12.2 Å². The van der Waals surface area contributed by atoms with Crippen LogP contribution in [0.4, 0.5) is 0 Å². The van der Waals surface area contributed by atoms with E-state index in [9.17, 15) is 9.59 Å². The van der Waals surface area contributed by atoms with Crippen molar-refractivity contribution in [2.45, 2.75) is 6.92 Å². The Balaban J connectivity index is 2.97. The van der Waals surface area contributed by atoms with Crippen LogP contribution in [0.2, 0.25) is 0 Å². The highest BCUT2D eigenvalue weighted by atomic mass is 79.9. The van der Waals surface area contributed by atoms with E-state index >= 15 is 0 Å². The van der Waals surface area contributed by atoms with Crippen LogP contribution in [0.25, 0.3) is 0 Å². The molecule has 0 bridgehead atoms. The van der Waals surface area contributed by atoms with Gasteiger partial charge in [-0.05, 0) is 41.1 Å². The van der Waals surface area contributed by atoms with Gasteiger partial charge < -0.3 is 9.84 Å². The van der Waals surface area contributed by atoms with Crippen LogP contribution in [0, 0.1) is 11.8 Å². The van der Waals surface area contributed by atoms with Crippen LogP contribution in [0.5, 0.6) is 0 Å². The van der Waals surface area contributed by atoms with Gasteiger partial charge in [0.25, 0.3) is 0 Å². The number of halogens is 1. The van der Waals surface area contributed by atoms with Crippen LogP contribution in [-0.2, 0) is 9.53 Å². The zero-order valence-corrected chi connectivity index (χ0v) is 10.6. The molecule has 4 nitrogen and oxygen atoms in total. The van der Waals surface area contributed by atoms with E-state index in [2.05, 4.69) is 32.5 Å². The Morgan fingerprint density at radius 2 is 2.18 bits per heavy atom. The summed E-state index contributed by atoms with van der Waals surface area (Å²) in [6.45, 7) is 1.94. The highest BCUT2D eigenvalue weighted by Crippen LogP contribution is 2.17. The number of carboxylic acid groups (broad SMARTS) is 1. The van der Waals surface area contributed by atoms with Crippen molar-refractivity contribution in [2.24, 2.45) is 0 Å².